The zero-order chi connectivity index (χ0) is 14.3. The minimum atomic E-state index is -4.54. The number of nitrogens with zero attached hydrogens (tertiary/aromatic N) is 2. The molecule has 1 aromatic heterocycles. The normalized spacial score (nSPS) is 11.4. The van der Waals surface area contributed by atoms with Gasteiger partial charge in [-0.3, -0.25) is 0 Å². The summed E-state index contributed by atoms with van der Waals surface area (Å²) in [4.78, 5) is 6.94. The van der Waals surface area contributed by atoms with E-state index in [4.69, 9.17) is 0 Å². The molecule has 0 fully saturated rings. The Hall–Kier alpha value is -1.18. The van der Waals surface area contributed by atoms with Gasteiger partial charge in [0.1, 0.15) is 11.6 Å². The predicted octanol–water partition coefficient (Wildman–Crippen LogP) is 3.09. The van der Waals surface area contributed by atoms with Gasteiger partial charge in [0.15, 0.2) is 0 Å². The van der Waals surface area contributed by atoms with Crippen molar-refractivity contribution in [1.29, 1.82) is 0 Å². The largest absolute Gasteiger partial charge is 0.451 e. The summed E-state index contributed by atoms with van der Waals surface area (Å²) in [6.07, 6.45) is -1.69. The Labute approximate surface area is 114 Å². The van der Waals surface area contributed by atoms with Gasteiger partial charge in [0.25, 0.3) is 0 Å². The number of alkyl halides is 3. The molecule has 1 aromatic rings. The lowest BCUT2D eigenvalue weighted by atomic mass is 10.4. The third kappa shape index (κ3) is 5.54. The number of anilines is 2. The molecule has 8 heteroatoms. The summed E-state index contributed by atoms with van der Waals surface area (Å²) in [5, 5.41) is 5.65. The van der Waals surface area contributed by atoms with Crippen LogP contribution in [0.5, 0.6) is 0 Å². The number of aromatic nitrogens is 2. The summed E-state index contributed by atoms with van der Waals surface area (Å²) < 4.78 is 37.9. The maximum Gasteiger partial charge on any atom is 0.451 e. The summed E-state index contributed by atoms with van der Waals surface area (Å²) in [7, 11) is 0. The van der Waals surface area contributed by atoms with E-state index in [0.717, 1.165) is 12.2 Å². The lowest BCUT2D eigenvalue weighted by Crippen LogP contribution is -2.15. The third-order valence-electron chi connectivity index (χ3n) is 2.17. The number of nitrogens with one attached hydrogen (secondary N) is 2. The van der Waals surface area contributed by atoms with Gasteiger partial charge in [0.05, 0.1) is 0 Å². The van der Waals surface area contributed by atoms with Gasteiger partial charge in [-0.1, -0.05) is 0 Å². The Morgan fingerprint density at radius 1 is 1.21 bits per heavy atom. The average Bonchev–Trinajstić information content (AvgIpc) is 2.34. The highest BCUT2D eigenvalue weighted by Crippen LogP contribution is 2.28. The van der Waals surface area contributed by atoms with Gasteiger partial charge in [-0.05, 0) is 25.4 Å². The van der Waals surface area contributed by atoms with Gasteiger partial charge in [-0.25, -0.2) is 9.97 Å². The second kappa shape index (κ2) is 7.42. The Morgan fingerprint density at radius 3 is 2.37 bits per heavy atom. The van der Waals surface area contributed by atoms with Crippen LogP contribution in [-0.2, 0) is 6.18 Å². The second-order valence-corrected chi connectivity index (χ2v) is 4.75. The summed E-state index contributed by atoms with van der Waals surface area (Å²) in [6, 6.07) is 1.48. The number of hydrogen-bond donors (Lipinski definition) is 2. The van der Waals surface area contributed by atoms with Crippen molar-refractivity contribution in [2.75, 3.05) is 35.7 Å². The lowest BCUT2D eigenvalue weighted by Gasteiger charge is -2.12. The SMILES string of the molecule is CCNc1cc(NCCCSC)nc(C(F)(F)F)n1. The molecule has 0 radical (unpaired) electrons. The molecule has 0 aliphatic carbocycles. The first kappa shape index (κ1) is 15.9. The maximum absolute atomic E-state index is 12.6. The molecule has 0 atom stereocenters. The van der Waals surface area contributed by atoms with E-state index in [1.807, 2.05) is 6.26 Å². The molecule has 0 amide bonds. The van der Waals surface area contributed by atoms with Gasteiger partial charge in [-0.15, -0.1) is 0 Å². The highest BCUT2D eigenvalue weighted by Gasteiger charge is 2.35. The van der Waals surface area contributed by atoms with Crippen molar-refractivity contribution in [2.24, 2.45) is 0 Å². The van der Waals surface area contributed by atoms with Crippen LogP contribution in [0.4, 0.5) is 24.8 Å². The summed E-state index contributed by atoms with van der Waals surface area (Å²) in [5.41, 5.74) is 0. The van der Waals surface area contributed by atoms with Crippen molar-refractivity contribution in [2.45, 2.75) is 19.5 Å². The van der Waals surface area contributed by atoms with Crippen LogP contribution < -0.4 is 10.6 Å². The highest BCUT2D eigenvalue weighted by atomic mass is 32.2. The van der Waals surface area contributed by atoms with E-state index in [1.165, 1.54) is 6.07 Å². The zero-order valence-corrected chi connectivity index (χ0v) is 11.7. The predicted molar refractivity (Wildman–Crippen MR) is 72.7 cm³/mol. The first-order valence-corrected chi connectivity index (χ1v) is 7.29. The van der Waals surface area contributed by atoms with Gasteiger partial charge in [0, 0.05) is 19.2 Å². The molecular formula is C11H17F3N4S. The minimum absolute atomic E-state index is 0.178. The van der Waals surface area contributed by atoms with Gasteiger partial charge in [0.2, 0.25) is 5.82 Å². The second-order valence-electron chi connectivity index (χ2n) is 3.76. The van der Waals surface area contributed by atoms with E-state index in [9.17, 15) is 13.2 Å². The van der Waals surface area contributed by atoms with Crippen LogP contribution in [0.1, 0.15) is 19.2 Å². The van der Waals surface area contributed by atoms with Crippen LogP contribution in [-0.4, -0.2) is 35.1 Å². The Balaban J connectivity index is 2.81. The first-order valence-electron chi connectivity index (χ1n) is 5.90. The van der Waals surface area contributed by atoms with Crippen LogP contribution in [0, 0.1) is 0 Å². The molecule has 0 aliphatic rings. The van der Waals surface area contributed by atoms with Gasteiger partial charge < -0.3 is 10.6 Å². The molecular weight excluding hydrogens is 277 g/mol. The Kier molecular flexibility index (Phi) is 6.20. The quantitative estimate of drug-likeness (QED) is 0.757. The van der Waals surface area contributed by atoms with Gasteiger partial charge in [-0.2, -0.15) is 24.9 Å². The molecule has 4 nitrogen and oxygen atoms in total. The molecule has 0 saturated carbocycles. The fourth-order valence-corrected chi connectivity index (χ4v) is 1.80. The van der Waals surface area contributed by atoms with E-state index in [2.05, 4.69) is 20.6 Å². The molecule has 0 aromatic carbocycles. The topological polar surface area (TPSA) is 49.8 Å². The van der Waals surface area contributed by atoms with Crippen LogP contribution >= 0.6 is 11.8 Å². The van der Waals surface area contributed by atoms with Crippen molar-refractivity contribution in [3.8, 4) is 0 Å². The molecule has 0 bridgehead atoms. The highest BCUT2D eigenvalue weighted by molar-refractivity contribution is 7.98. The molecule has 0 spiro atoms. The maximum atomic E-state index is 12.6. The smallest absolute Gasteiger partial charge is 0.370 e. The Morgan fingerprint density at radius 2 is 1.84 bits per heavy atom. The number of hydrogen-bond acceptors (Lipinski definition) is 5. The first-order chi connectivity index (χ1) is 8.97. The van der Waals surface area contributed by atoms with Gasteiger partial charge >= 0.3 is 6.18 Å². The molecule has 1 heterocycles. The molecule has 19 heavy (non-hydrogen) atoms. The van der Waals surface area contributed by atoms with Crippen LogP contribution in [0.3, 0.4) is 0 Å². The summed E-state index contributed by atoms with van der Waals surface area (Å²) in [6.45, 7) is 2.88. The monoisotopic (exact) mass is 294 g/mol. The molecule has 1 rings (SSSR count). The average molecular weight is 294 g/mol. The fraction of sp³-hybridized carbons (Fsp3) is 0.636. The molecule has 108 valence electrons. The molecule has 0 unspecified atom stereocenters. The van der Waals surface area contributed by atoms with E-state index < -0.39 is 12.0 Å². The Bertz CT molecular complexity index is 398. The summed E-state index contributed by atoms with van der Waals surface area (Å²) in [5.74, 6) is 0.194. The fourth-order valence-electron chi connectivity index (χ4n) is 1.37. The number of halogens is 3. The summed E-state index contributed by atoms with van der Waals surface area (Å²) >= 11 is 1.69. The van der Waals surface area contributed by atoms with Crippen LogP contribution in [0.25, 0.3) is 0 Å². The van der Waals surface area contributed by atoms with Crippen molar-refractivity contribution in [1.82, 2.24) is 9.97 Å². The number of rotatable bonds is 7. The number of thioether (sulfide) groups is 1. The van der Waals surface area contributed by atoms with Crippen molar-refractivity contribution < 1.29 is 13.2 Å². The minimum Gasteiger partial charge on any atom is -0.370 e. The van der Waals surface area contributed by atoms with E-state index in [-0.39, 0.29) is 11.6 Å². The molecule has 0 saturated heterocycles. The van der Waals surface area contributed by atoms with E-state index in [0.29, 0.717) is 13.1 Å². The molecule has 0 aliphatic heterocycles. The van der Waals surface area contributed by atoms with Crippen molar-refractivity contribution in [3.63, 3.8) is 0 Å². The molecule has 2 N–H and O–H groups in total. The van der Waals surface area contributed by atoms with Crippen molar-refractivity contribution in [3.05, 3.63) is 11.9 Å². The lowest BCUT2D eigenvalue weighted by molar-refractivity contribution is -0.144. The zero-order valence-electron chi connectivity index (χ0n) is 10.8. The third-order valence-corrected chi connectivity index (χ3v) is 2.87. The standard InChI is InChI=1S/C11H17F3N4S/c1-3-15-8-7-9(16-5-4-6-19-2)18-10(17-8)11(12,13)14/h7H,3-6H2,1-2H3,(H2,15,16,17,18). The van der Waals surface area contributed by atoms with E-state index in [1.54, 1.807) is 18.7 Å². The van der Waals surface area contributed by atoms with Crippen molar-refractivity contribution >= 4 is 23.4 Å². The van der Waals surface area contributed by atoms with E-state index >= 15 is 0 Å². The van der Waals surface area contributed by atoms with Crippen LogP contribution in [0.2, 0.25) is 0 Å². The van der Waals surface area contributed by atoms with Crippen LogP contribution in [0.15, 0.2) is 6.07 Å².